The Kier molecular flexibility index (Phi) is 6.85. The van der Waals surface area contributed by atoms with Crippen molar-refractivity contribution in [2.24, 2.45) is 0 Å². The van der Waals surface area contributed by atoms with Crippen molar-refractivity contribution in [3.05, 3.63) is 188 Å². The minimum absolute atomic E-state index is 0.902. The third-order valence-corrected chi connectivity index (χ3v) is 10.2. The Morgan fingerprint density at radius 1 is 0.314 bits per heavy atom. The molecule has 0 N–H and O–H groups in total. The van der Waals surface area contributed by atoms with Crippen LogP contribution in [0, 0.1) is 0 Å². The Morgan fingerprint density at radius 2 is 0.824 bits per heavy atom. The van der Waals surface area contributed by atoms with E-state index in [0.29, 0.717) is 0 Å². The predicted octanol–water partition coefficient (Wildman–Crippen LogP) is 13.6. The van der Waals surface area contributed by atoms with Gasteiger partial charge in [0.2, 0.25) is 0 Å². The van der Waals surface area contributed by atoms with Crippen LogP contribution in [0.25, 0.3) is 99.1 Å². The van der Waals surface area contributed by atoms with Crippen LogP contribution in [0.4, 0.5) is 0 Å². The summed E-state index contributed by atoms with van der Waals surface area (Å²) >= 11 is 0. The van der Waals surface area contributed by atoms with Crippen molar-refractivity contribution in [2.75, 3.05) is 0 Å². The Hall–Kier alpha value is -6.77. The maximum absolute atomic E-state index is 6.20. The number of pyridine rings is 1. The first-order chi connectivity index (χ1) is 25.3. The lowest BCUT2D eigenvalue weighted by atomic mass is 9.84. The number of furan rings is 1. The van der Waals surface area contributed by atoms with E-state index in [1.807, 2.05) is 30.6 Å². The number of hydrogen-bond donors (Lipinski definition) is 0. The topological polar surface area (TPSA) is 26.0 Å². The molecule has 0 radical (unpaired) electrons. The van der Waals surface area contributed by atoms with E-state index >= 15 is 0 Å². The summed E-state index contributed by atoms with van der Waals surface area (Å²) in [6, 6.07) is 63.1. The third-order valence-electron chi connectivity index (χ3n) is 10.2. The van der Waals surface area contributed by atoms with Crippen molar-refractivity contribution in [3.8, 4) is 55.6 Å². The molecule has 8 aromatic carbocycles. The molecule has 2 heteroatoms. The Morgan fingerprint density at radius 3 is 1.47 bits per heavy atom. The molecule has 2 heterocycles. The molecule has 2 aromatic heterocycles. The minimum atomic E-state index is 0.902. The summed E-state index contributed by atoms with van der Waals surface area (Å²) in [5, 5.41) is 7.17. The molecule has 0 aliphatic rings. The largest absolute Gasteiger partial charge is 0.456 e. The molecule has 0 atom stereocenters. The van der Waals surface area contributed by atoms with Gasteiger partial charge in [0.1, 0.15) is 11.2 Å². The number of rotatable bonds is 5. The van der Waals surface area contributed by atoms with Crippen molar-refractivity contribution in [3.63, 3.8) is 0 Å². The van der Waals surface area contributed by atoms with Crippen molar-refractivity contribution >= 4 is 43.5 Å². The second kappa shape index (κ2) is 12.0. The molecule has 0 amide bonds. The van der Waals surface area contributed by atoms with Gasteiger partial charge in [-0.15, -0.1) is 0 Å². The molecule has 0 fully saturated rings. The molecule has 0 unspecified atom stereocenters. The first kappa shape index (κ1) is 29.2. The average Bonchev–Trinajstić information content (AvgIpc) is 3.58. The van der Waals surface area contributed by atoms with Crippen LogP contribution in [0.3, 0.4) is 0 Å². The second-order valence-corrected chi connectivity index (χ2v) is 13.1. The van der Waals surface area contributed by atoms with Crippen molar-refractivity contribution in [2.45, 2.75) is 0 Å². The number of para-hydroxylation sites is 1. The van der Waals surface area contributed by atoms with Gasteiger partial charge in [-0.2, -0.15) is 0 Å². The van der Waals surface area contributed by atoms with Crippen molar-refractivity contribution in [1.82, 2.24) is 4.98 Å². The average molecular weight is 650 g/mol. The predicted molar refractivity (Wildman–Crippen MR) is 214 cm³/mol. The van der Waals surface area contributed by atoms with Gasteiger partial charge in [0, 0.05) is 28.7 Å². The molecule has 10 rings (SSSR count). The van der Waals surface area contributed by atoms with Gasteiger partial charge in [-0.3, -0.25) is 4.98 Å². The molecule has 0 aliphatic carbocycles. The summed E-state index contributed by atoms with van der Waals surface area (Å²) in [7, 11) is 0. The molecule has 10 aromatic rings. The lowest BCUT2D eigenvalue weighted by Crippen LogP contribution is -1.92. The van der Waals surface area contributed by atoms with Crippen LogP contribution >= 0.6 is 0 Å². The normalized spacial score (nSPS) is 11.5. The van der Waals surface area contributed by atoms with Gasteiger partial charge >= 0.3 is 0 Å². The minimum Gasteiger partial charge on any atom is -0.456 e. The lowest BCUT2D eigenvalue weighted by Gasteiger charge is -2.19. The second-order valence-electron chi connectivity index (χ2n) is 13.1. The van der Waals surface area contributed by atoms with E-state index in [2.05, 4.69) is 163 Å². The quantitative estimate of drug-likeness (QED) is 0.173. The molecule has 238 valence electrons. The Labute approximate surface area is 295 Å². The first-order valence-corrected chi connectivity index (χ1v) is 17.4. The fourth-order valence-electron chi connectivity index (χ4n) is 7.92. The van der Waals surface area contributed by atoms with Crippen molar-refractivity contribution in [1.29, 1.82) is 0 Å². The smallest absolute Gasteiger partial charge is 0.135 e. The molecule has 0 aliphatic heterocycles. The fourth-order valence-corrected chi connectivity index (χ4v) is 7.92. The molecular formula is C49H31NO. The molecule has 0 spiro atoms. The van der Waals surface area contributed by atoms with E-state index in [9.17, 15) is 0 Å². The number of nitrogens with zero attached hydrogens (tertiary/aromatic N) is 1. The number of benzene rings is 8. The van der Waals surface area contributed by atoms with E-state index in [-0.39, 0.29) is 0 Å². The van der Waals surface area contributed by atoms with E-state index in [1.165, 1.54) is 66.1 Å². The maximum atomic E-state index is 6.20. The van der Waals surface area contributed by atoms with Crippen LogP contribution in [-0.4, -0.2) is 4.98 Å². The SMILES string of the molecule is c1ccc(-c2cccc(-c3ccc4oc5ccccc5c4c3)c2-c2ccc(-c3c4ccccc4c(-c4cccnc4)c4ccccc34)cc2)cc1. The highest BCUT2D eigenvalue weighted by molar-refractivity contribution is 6.21. The zero-order chi connectivity index (χ0) is 33.7. The summed E-state index contributed by atoms with van der Waals surface area (Å²) in [6.07, 6.45) is 3.81. The van der Waals surface area contributed by atoms with Crippen LogP contribution in [-0.2, 0) is 0 Å². The highest BCUT2D eigenvalue weighted by atomic mass is 16.3. The van der Waals surface area contributed by atoms with Crippen LogP contribution < -0.4 is 0 Å². The highest BCUT2D eigenvalue weighted by Crippen LogP contribution is 2.45. The zero-order valence-electron chi connectivity index (χ0n) is 27.8. The summed E-state index contributed by atoms with van der Waals surface area (Å²) in [4.78, 5) is 4.47. The Balaban J connectivity index is 1.18. The van der Waals surface area contributed by atoms with Gasteiger partial charge in [0.25, 0.3) is 0 Å². The van der Waals surface area contributed by atoms with E-state index in [1.54, 1.807) is 0 Å². The molecular weight excluding hydrogens is 619 g/mol. The molecule has 0 saturated carbocycles. The summed E-state index contributed by atoms with van der Waals surface area (Å²) in [6.45, 7) is 0. The van der Waals surface area contributed by atoms with Crippen LogP contribution in [0.5, 0.6) is 0 Å². The molecule has 2 nitrogen and oxygen atoms in total. The van der Waals surface area contributed by atoms with E-state index in [4.69, 9.17) is 4.42 Å². The number of aromatic nitrogens is 1. The summed E-state index contributed by atoms with van der Waals surface area (Å²) in [5.74, 6) is 0. The molecule has 0 saturated heterocycles. The first-order valence-electron chi connectivity index (χ1n) is 17.4. The van der Waals surface area contributed by atoms with Crippen LogP contribution in [0.15, 0.2) is 193 Å². The standard InChI is InChI=1S/C49H31NO/c1-2-12-32(13-3-1)37-20-10-21-38(35-27-28-46-44(30-35)39-15-8-9-22-45(39)51-46)47(37)33-23-25-34(26-24-33)48-40-16-4-6-18-42(40)49(36-14-11-29-50-31-36)43-19-7-5-17-41(43)48/h1-31H. The maximum Gasteiger partial charge on any atom is 0.135 e. The summed E-state index contributed by atoms with van der Waals surface area (Å²) < 4.78 is 6.20. The highest BCUT2D eigenvalue weighted by Gasteiger charge is 2.19. The molecule has 0 bridgehead atoms. The molecule has 51 heavy (non-hydrogen) atoms. The Bertz CT molecular complexity index is 2830. The third kappa shape index (κ3) is 4.84. The van der Waals surface area contributed by atoms with Gasteiger partial charge in [-0.25, -0.2) is 0 Å². The van der Waals surface area contributed by atoms with Crippen LogP contribution in [0.2, 0.25) is 0 Å². The van der Waals surface area contributed by atoms with Gasteiger partial charge < -0.3 is 4.42 Å². The zero-order valence-corrected chi connectivity index (χ0v) is 27.8. The fraction of sp³-hybridized carbons (Fsp3) is 0. The van der Waals surface area contributed by atoms with Gasteiger partial charge in [0.15, 0.2) is 0 Å². The number of fused-ring (bicyclic) bond motifs is 5. The van der Waals surface area contributed by atoms with Gasteiger partial charge in [-0.05, 0) is 95.9 Å². The lowest BCUT2D eigenvalue weighted by molar-refractivity contribution is 0.669. The summed E-state index contributed by atoms with van der Waals surface area (Å²) in [5.41, 5.74) is 13.7. The van der Waals surface area contributed by atoms with Crippen LogP contribution in [0.1, 0.15) is 0 Å². The van der Waals surface area contributed by atoms with Crippen molar-refractivity contribution < 1.29 is 4.42 Å². The van der Waals surface area contributed by atoms with E-state index in [0.717, 1.165) is 33.1 Å². The monoisotopic (exact) mass is 649 g/mol. The van der Waals surface area contributed by atoms with Gasteiger partial charge in [0.05, 0.1) is 0 Å². The van der Waals surface area contributed by atoms with Gasteiger partial charge in [-0.1, -0.05) is 152 Å². The van der Waals surface area contributed by atoms with E-state index < -0.39 is 0 Å². The number of hydrogen-bond acceptors (Lipinski definition) is 2.